The zero-order valence-corrected chi connectivity index (χ0v) is 10.5. The van der Waals surface area contributed by atoms with Gasteiger partial charge in [-0.05, 0) is 43.9 Å². The molecule has 1 heterocycles. The molecule has 1 N–H and O–H groups in total. The molecule has 1 aromatic carbocycles. The number of aryl methyl sites for hydroxylation is 1. The van der Waals surface area contributed by atoms with Crippen molar-refractivity contribution in [1.82, 2.24) is 0 Å². The number of nitrogens with one attached hydrogen (secondary N) is 1. The van der Waals surface area contributed by atoms with E-state index in [4.69, 9.17) is 4.74 Å². The molecule has 0 spiro atoms. The van der Waals surface area contributed by atoms with E-state index < -0.39 is 0 Å². The third kappa shape index (κ3) is 3.32. The molecule has 0 unspecified atom stereocenters. The van der Waals surface area contributed by atoms with Gasteiger partial charge in [-0.1, -0.05) is 6.07 Å². The molecule has 96 valence electrons. The number of unbranched alkanes of at least 4 members (excludes halogenated alkanes) is 1. The first-order valence-corrected chi connectivity index (χ1v) is 6.20. The Labute approximate surface area is 106 Å². The molecular weight excluding hydrogens is 230 g/mol. The van der Waals surface area contributed by atoms with Gasteiger partial charge in [0.1, 0.15) is 11.5 Å². The molecule has 1 aliphatic heterocycles. The van der Waals surface area contributed by atoms with Gasteiger partial charge in [0.2, 0.25) is 0 Å². The first-order chi connectivity index (χ1) is 8.65. The standard InChI is InChI=1S/C14H17NO3/c1-10(16)4-2-3-5-11-6-7-13-12(8-11)15-14(17)9-18-13/h6-8H,2-5,9H2,1H3,(H,15,17). The summed E-state index contributed by atoms with van der Waals surface area (Å²) in [5.41, 5.74) is 1.90. The van der Waals surface area contributed by atoms with E-state index in [-0.39, 0.29) is 18.3 Å². The van der Waals surface area contributed by atoms with Crippen LogP contribution < -0.4 is 10.1 Å². The lowest BCUT2D eigenvalue weighted by atomic mass is 10.0. The summed E-state index contributed by atoms with van der Waals surface area (Å²) >= 11 is 0. The lowest BCUT2D eigenvalue weighted by molar-refractivity contribution is -0.119. The number of carbonyl (C=O) groups is 2. The normalized spacial score (nSPS) is 13.5. The van der Waals surface area contributed by atoms with E-state index in [1.54, 1.807) is 6.92 Å². The van der Waals surface area contributed by atoms with Gasteiger partial charge < -0.3 is 14.8 Å². The maximum absolute atomic E-state index is 11.2. The van der Waals surface area contributed by atoms with Gasteiger partial charge in [-0.3, -0.25) is 4.79 Å². The van der Waals surface area contributed by atoms with E-state index in [0.29, 0.717) is 6.42 Å². The Kier molecular flexibility index (Phi) is 3.97. The molecule has 2 rings (SSSR count). The molecule has 0 aromatic heterocycles. The molecule has 1 aromatic rings. The predicted molar refractivity (Wildman–Crippen MR) is 68.8 cm³/mol. The average Bonchev–Trinajstić information content (AvgIpc) is 2.34. The fourth-order valence-corrected chi connectivity index (χ4v) is 1.99. The van der Waals surface area contributed by atoms with Gasteiger partial charge in [0.05, 0.1) is 5.69 Å². The average molecular weight is 247 g/mol. The largest absolute Gasteiger partial charge is 0.482 e. The second-order valence-electron chi connectivity index (χ2n) is 4.58. The van der Waals surface area contributed by atoms with Gasteiger partial charge in [0, 0.05) is 6.42 Å². The Morgan fingerprint density at radius 1 is 1.39 bits per heavy atom. The smallest absolute Gasteiger partial charge is 0.262 e. The monoisotopic (exact) mass is 247 g/mol. The predicted octanol–water partition coefficient (Wildman–Crippen LogP) is 2.32. The highest BCUT2D eigenvalue weighted by Crippen LogP contribution is 2.28. The molecule has 0 fully saturated rings. The fourth-order valence-electron chi connectivity index (χ4n) is 1.99. The third-order valence-corrected chi connectivity index (χ3v) is 2.92. The lowest BCUT2D eigenvalue weighted by Crippen LogP contribution is -2.25. The van der Waals surface area contributed by atoms with Crippen LogP contribution in [-0.2, 0) is 16.0 Å². The van der Waals surface area contributed by atoms with Crippen molar-refractivity contribution in [3.8, 4) is 5.75 Å². The van der Waals surface area contributed by atoms with Crippen molar-refractivity contribution in [1.29, 1.82) is 0 Å². The van der Waals surface area contributed by atoms with Gasteiger partial charge in [-0.15, -0.1) is 0 Å². The van der Waals surface area contributed by atoms with E-state index in [0.717, 1.165) is 36.3 Å². The second kappa shape index (κ2) is 5.67. The summed E-state index contributed by atoms with van der Waals surface area (Å²) in [4.78, 5) is 22.0. The Bertz CT molecular complexity index is 468. The summed E-state index contributed by atoms with van der Waals surface area (Å²) in [6.45, 7) is 1.71. The summed E-state index contributed by atoms with van der Waals surface area (Å²) in [5, 5.41) is 2.79. The van der Waals surface area contributed by atoms with Crippen molar-refractivity contribution < 1.29 is 14.3 Å². The summed E-state index contributed by atoms with van der Waals surface area (Å²) in [7, 11) is 0. The summed E-state index contributed by atoms with van der Waals surface area (Å²) in [6.07, 6.45) is 3.45. The molecular formula is C14H17NO3. The van der Waals surface area contributed by atoms with Gasteiger partial charge in [0.15, 0.2) is 6.61 Å². The van der Waals surface area contributed by atoms with Crippen molar-refractivity contribution >= 4 is 17.4 Å². The molecule has 1 aliphatic rings. The van der Waals surface area contributed by atoms with Crippen LogP contribution in [0.25, 0.3) is 0 Å². The molecule has 0 bridgehead atoms. The molecule has 0 aliphatic carbocycles. The Morgan fingerprint density at radius 2 is 2.22 bits per heavy atom. The number of fused-ring (bicyclic) bond motifs is 1. The number of anilines is 1. The highest BCUT2D eigenvalue weighted by atomic mass is 16.5. The topological polar surface area (TPSA) is 55.4 Å². The Hall–Kier alpha value is -1.84. The van der Waals surface area contributed by atoms with Crippen LogP contribution in [0.15, 0.2) is 18.2 Å². The SMILES string of the molecule is CC(=O)CCCCc1ccc2c(c1)NC(=O)CO2. The second-order valence-corrected chi connectivity index (χ2v) is 4.58. The van der Waals surface area contributed by atoms with Gasteiger partial charge >= 0.3 is 0 Å². The maximum atomic E-state index is 11.2. The maximum Gasteiger partial charge on any atom is 0.262 e. The molecule has 4 nitrogen and oxygen atoms in total. The van der Waals surface area contributed by atoms with Crippen LogP contribution in [0, 0.1) is 0 Å². The van der Waals surface area contributed by atoms with Crippen LogP contribution in [0.2, 0.25) is 0 Å². The van der Waals surface area contributed by atoms with E-state index in [9.17, 15) is 9.59 Å². The van der Waals surface area contributed by atoms with Crippen LogP contribution in [0.4, 0.5) is 5.69 Å². The fraction of sp³-hybridized carbons (Fsp3) is 0.429. The van der Waals surface area contributed by atoms with E-state index >= 15 is 0 Å². The van der Waals surface area contributed by atoms with Gasteiger partial charge in [-0.25, -0.2) is 0 Å². The first-order valence-electron chi connectivity index (χ1n) is 6.20. The summed E-state index contributed by atoms with van der Waals surface area (Å²) in [5.74, 6) is 0.847. The highest BCUT2D eigenvalue weighted by molar-refractivity contribution is 5.95. The molecule has 18 heavy (non-hydrogen) atoms. The van der Waals surface area contributed by atoms with E-state index in [1.165, 1.54) is 0 Å². The van der Waals surface area contributed by atoms with Crippen molar-refractivity contribution in [3.05, 3.63) is 23.8 Å². The number of rotatable bonds is 5. The van der Waals surface area contributed by atoms with Crippen molar-refractivity contribution in [2.45, 2.75) is 32.6 Å². The number of ether oxygens (including phenoxy) is 1. The number of amides is 1. The lowest BCUT2D eigenvalue weighted by Gasteiger charge is -2.18. The Morgan fingerprint density at radius 3 is 3.00 bits per heavy atom. The molecule has 4 heteroatoms. The van der Waals surface area contributed by atoms with Crippen molar-refractivity contribution in [3.63, 3.8) is 0 Å². The molecule has 1 amide bonds. The number of Topliss-reactive ketones (excluding diaryl/α,β-unsaturated/α-hetero) is 1. The number of benzene rings is 1. The molecule has 0 radical (unpaired) electrons. The van der Waals surface area contributed by atoms with Crippen LogP contribution in [0.3, 0.4) is 0 Å². The first kappa shape index (κ1) is 12.6. The quantitative estimate of drug-likeness (QED) is 0.812. The number of hydrogen-bond donors (Lipinski definition) is 1. The van der Waals surface area contributed by atoms with Crippen LogP contribution >= 0.6 is 0 Å². The Balaban J connectivity index is 1.92. The van der Waals surface area contributed by atoms with Gasteiger partial charge in [-0.2, -0.15) is 0 Å². The third-order valence-electron chi connectivity index (χ3n) is 2.92. The molecule has 0 atom stereocenters. The van der Waals surface area contributed by atoms with E-state index in [1.807, 2.05) is 18.2 Å². The van der Waals surface area contributed by atoms with Crippen LogP contribution in [-0.4, -0.2) is 18.3 Å². The molecule has 0 saturated heterocycles. The number of carbonyl (C=O) groups excluding carboxylic acids is 2. The minimum Gasteiger partial charge on any atom is -0.482 e. The van der Waals surface area contributed by atoms with Crippen LogP contribution in [0.1, 0.15) is 31.7 Å². The van der Waals surface area contributed by atoms with E-state index in [2.05, 4.69) is 5.32 Å². The number of ketones is 1. The van der Waals surface area contributed by atoms with Gasteiger partial charge in [0.25, 0.3) is 5.91 Å². The minimum atomic E-state index is -0.115. The zero-order chi connectivity index (χ0) is 13.0. The van der Waals surface area contributed by atoms with Crippen molar-refractivity contribution in [2.75, 3.05) is 11.9 Å². The molecule has 0 saturated carbocycles. The minimum absolute atomic E-state index is 0.0883. The summed E-state index contributed by atoms with van der Waals surface area (Å²) < 4.78 is 5.29. The summed E-state index contributed by atoms with van der Waals surface area (Å²) in [6, 6.07) is 5.83. The zero-order valence-electron chi connectivity index (χ0n) is 10.5. The van der Waals surface area contributed by atoms with Crippen molar-refractivity contribution in [2.24, 2.45) is 0 Å². The number of hydrogen-bond acceptors (Lipinski definition) is 3. The highest BCUT2D eigenvalue weighted by Gasteiger charge is 2.15. The van der Waals surface area contributed by atoms with Crippen LogP contribution in [0.5, 0.6) is 5.75 Å².